The highest BCUT2D eigenvalue weighted by molar-refractivity contribution is 5.95. The van der Waals surface area contributed by atoms with Crippen LogP contribution in [0.25, 0.3) is 0 Å². The van der Waals surface area contributed by atoms with Gasteiger partial charge < -0.3 is 14.4 Å². The van der Waals surface area contributed by atoms with Crippen molar-refractivity contribution < 1.29 is 14.3 Å². The largest absolute Gasteiger partial charge is 0.445 e. The van der Waals surface area contributed by atoms with Gasteiger partial charge in [0.2, 0.25) is 0 Å². The van der Waals surface area contributed by atoms with Crippen molar-refractivity contribution in [2.24, 2.45) is 10.4 Å². The first-order valence-electron chi connectivity index (χ1n) is 6.43. The number of carbonyl (C=O) groups excluding carboxylic acids is 1. The Labute approximate surface area is 109 Å². The highest BCUT2D eigenvalue weighted by Gasteiger charge is 2.27. The molecule has 5 heteroatoms. The molecule has 1 saturated heterocycles. The third kappa shape index (κ3) is 4.64. The van der Waals surface area contributed by atoms with Gasteiger partial charge in [0, 0.05) is 18.5 Å². The van der Waals surface area contributed by atoms with E-state index in [0.717, 1.165) is 18.9 Å². The average molecular weight is 256 g/mol. The highest BCUT2D eigenvalue weighted by Crippen LogP contribution is 2.20. The summed E-state index contributed by atoms with van der Waals surface area (Å²) in [5.74, 6) is 0.774. The standard InChI is InChI=1S/C13H24N2O3/c1-10(2)18-12(16)14-11(13(3,4)5)15-6-8-17-9-7-15/h10H,6-9H2,1-5H3/b14-11-. The molecule has 0 aromatic carbocycles. The van der Waals surface area contributed by atoms with E-state index < -0.39 is 6.09 Å². The summed E-state index contributed by atoms with van der Waals surface area (Å²) >= 11 is 0. The predicted octanol–water partition coefficient (Wildman–Crippen LogP) is 2.31. The second-order valence-corrected chi connectivity index (χ2v) is 5.72. The lowest BCUT2D eigenvalue weighted by Gasteiger charge is -2.35. The minimum Gasteiger partial charge on any atom is -0.445 e. The molecule has 104 valence electrons. The van der Waals surface area contributed by atoms with Crippen LogP contribution in [0.2, 0.25) is 0 Å². The molecule has 0 aliphatic carbocycles. The monoisotopic (exact) mass is 256 g/mol. The molecule has 0 atom stereocenters. The van der Waals surface area contributed by atoms with E-state index in [0.29, 0.717) is 13.2 Å². The van der Waals surface area contributed by atoms with Crippen LogP contribution >= 0.6 is 0 Å². The van der Waals surface area contributed by atoms with E-state index in [-0.39, 0.29) is 11.5 Å². The van der Waals surface area contributed by atoms with Crippen LogP contribution in [0.4, 0.5) is 4.79 Å². The van der Waals surface area contributed by atoms with Gasteiger partial charge in [0.05, 0.1) is 19.3 Å². The molecule has 0 bridgehead atoms. The minimum atomic E-state index is -0.513. The molecule has 0 N–H and O–H groups in total. The summed E-state index contributed by atoms with van der Waals surface area (Å²) in [6, 6.07) is 0. The molecule has 0 saturated carbocycles. The lowest BCUT2D eigenvalue weighted by Crippen LogP contribution is -2.46. The summed E-state index contributed by atoms with van der Waals surface area (Å²) in [4.78, 5) is 17.9. The van der Waals surface area contributed by atoms with Crippen molar-refractivity contribution in [1.82, 2.24) is 4.90 Å². The second-order valence-electron chi connectivity index (χ2n) is 5.72. The maximum absolute atomic E-state index is 11.7. The second kappa shape index (κ2) is 6.18. The maximum atomic E-state index is 11.7. The fraction of sp³-hybridized carbons (Fsp3) is 0.846. The summed E-state index contributed by atoms with van der Waals surface area (Å²) < 4.78 is 10.4. The van der Waals surface area contributed by atoms with Gasteiger partial charge in [0.1, 0.15) is 5.84 Å². The zero-order valence-corrected chi connectivity index (χ0v) is 12.0. The van der Waals surface area contributed by atoms with E-state index in [4.69, 9.17) is 9.47 Å². The first kappa shape index (κ1) is 15.0. The number of nitrogens with zero attached hydrogens (tertiary/aromatic N) is 2. The van der Waals surface area contributed by atoms with E-state index in [9.17, 15) is 4.79 Å². The lowest BCUT2D eigenvalue weighted by molar-refractivity contribution is 0.0640. The average Bonchev–Trinajstić information content (AvgIpc) is 2.24. The van der Waals surface area contributed by atoms with Crippen LogP contribution in [-0.4, -0.2) is 49.2 Å². The van der Waals surface area contributed by atoms with Gasteiger partial charge in [-0.25, -0.2) is 4.79 Å². The molecular formula is C13H24N2O3. The number of hydrogen-bond donors (Lipinski definition) is 0. The Hall–Kier alpha value is -1.10. The molecule has 1 fully saturated rings. The Kier molecular flexibility index (Phi) is 5.14. The molecule has 0 radical (unpaired) electrons. The number of ether oxygens (including phenoxy) is 2. The topological polar surface area (TPSA) is 51.1 Å². The Bertz CT molecular complexity index is 313. The van der Waals surface area contributed by atoms with E-state index in [1.807, 2.05) is 34.6 Å². The van der Waals surface area contributed by atoms with E-state index in [1.54, 1.807) is 0 Å². The Balaban J connectivity index is 2.83. The molecule has 1 aliphatic heterocycles. The number of amides is 1. The van der Waals surface area contributed by atoms with E-state index in [1.165, 1.54) is 0 Å². The summed E-state index contributed by atoms with van der Waals surface area (Å²) in [6.45, 7) is 12.7. The molecule has 1 heterocycles. The van der Waals surface area contributed by atoms with Crippen LogP contribution < -0.4 is 0 Å². The van der Waals surface area contributed by atoms with Crippen LogP contribution in [0.5, 0.6) is 0 Å². The zero-order chi connectivity index (χ0) is 13.8. The molecule has 1 aliphatic rings. The molecule has 0 aromatic rings. The Morgan fingerprint density at radius 1 is 1.28 bits per heavy atom. The molecule has 5 nitrogen and oxygen atoms in total. The van der Waals surface area contributed by atoms with Crippen molar-refractivity contribution in [1.29, 1.82) is 0 Å². The summed E-state index contributed by atoms with van der Waals surface area (Å²) in [5, 5.41) is 0. The molecule has 1 rings (SSSR count). The van der Waals surface area contributed by atoms with Crippen molar-refractivity contribution >= 4 is 11.9 Å². The molecule has 0 aromatic heterocycles. The number of carbonyl (C=O) groups is 1. The maximum Gasteiger partial charge on any atom is 0.435 e. The quantitative estimate of drug-likeness (QED) is 0.533. The van der Waals surface area contributed by atoms with Crippen molar-refractivity contribution in [2.75, 3.05) is 26.3 Å². The van der Waals surface area contributed by atoms with Gasteiger partial charge in [0.25, 0.3) is 0 Å². The van der Waals surface area contributed by atoms with Crippen molar-refractivity contribution in [3.63, 3.8) is 0 Å². The SMILES string of the molecule is CC(C)OC(=O)/N=C(\N1CCOCC1)C(C)(C)C. The van der Waals surface area contributed by atoms with Gasteiger partial charge in [-0.05, 0) is 13.8 Å². The van der Waals surface area contributed by atoms with Crippen LogP contribution in [0, 0.1) is 5.41 Å². The van der Waals surface area contributed by atoms with Crippen molar-refractivity contribution in [3.05, 3.63) is 0 Å². The van der Waals surface area contributed by atoms with Gasteiger partial charge >= 0.3 is 6.09 Å². The van der Waals surface area contributed by atoms with Crippen LogP contribution in [0.15, 0.2) is 4.99 Å². The normalized spacial score (nSPS) is 18.1. The molecule has 0 unspecified atom stereocenters. The third-order valence-electron chi connectivity index (χ3n) is 2.52. The Morgan fingerprint density at radius 2 is 1.83 bits per heavy atom. The van der Waals surface area contributed by atoms with Gasteiger partial charge in [-0.1, -0.05) is 20.8 Å². The number of amidine groups is 1. The van der Waals surface area contributed by atoms with Crippen molar-refractivity contribution in [2.45, 2.75) is 40.7 Å². The number of rotatable bonds is 1. The first-order valence-corrected chi connectivity index (χ1v) is 6.43. The molecule has 1 amide bonds. The van der Waals surface area contributed by atoms with E-state index in [2.05, 4.69) is 9.89 Å². The molecule has 0 spiro atoms. The smallest absolute Gasteiger partial charge is 0.435 e. The van der Waals surface area contributed by atoms with Gasteiger partial charge in [-0.3, -0.25) is 0 Å². The summed E-state index contributed by atoms with van der Waals surface area (Å²) in [6.07, 6.45) is -0.659. The molecule has 18 heavy (non-hydrogen) atoms. The number of aliphatic imine (C=N–C) groups is 1. The fourth-order valence-electron chi connectivity index (χ4n) is 1.80. The fourth-order valence-corrected chi connectivity index (χ4v) is 1.80. The van der Waals surface area contributed by atoms with Crippen LogP contribution in [0.3, 0.4) is 0 Å². The Morgan fingerprint density at radius 3 is 2.28 bits per heavy atom. The molecular weight excluding hydrogens is 232 g/mol. The predicted molar refractivity (Wildman–Crippen MR) is 70.9 cm³/mol. The number of morpholine rings is 1. The highest BCUT2D eigenvalue weighted by atomic mass is 16.6. The van der Waals surface area contributed by atoms with Crippen LogP contribution in [-0.2, 0) is 9.47 Å². The van der Waals surface area contributed by atoms with Crippen LogP contribution in [0.1, 0.15) is 34.6 Å². The minimum absolute atomic E-state index is 0.146. The van der Waals surface area contributed by atoms with Gasteiger partial charge in [0.15, 0.2) is 0 Å². The van der Waals surface area contributed by atoms with Crippen molar-refractivity contribution in [3.8, 4) is 0 Å². The van der Waals surface area contributed by atoms with E-state index >= 15 is 0 Å². The third-order valence-corrected chi connectivity index (χ3v) is 2.52. The first-order chi connectivity index (χ1) is 8.30. The van der Waals surface area contributed by atoms with Gasteiger partial charge in [-0.15, -0.1) is 0 Å². The number of hydrogen-bond acceptors (Lipinski definition) is 3. The summed E-state index contributed by atoms with van der Waals surface area (Å²) in [7, 11) is 0. The zero-order valence-electron chi connectivity index (χ0n) is 12.0. The lowest BCUT2D eigenvalue weighted by atomic mass is 9.93. The van der Waals surface area contributed by atoms with Gasteiger partial charge in [-0.2, -0.15) is 4.99 Å². The summed E-state index contributed by atoms with van der Waals surface area (Å²) in [5.41, 5.74) is -0.187.